The van der Waals surface area contributed by atoms with E-state index in [1.165, 1.54) is 22.3 Å². The maximum absolute atomic E-state index is 11.2. The Morgan fingerprint density at radius 3 is 2.12 bits per heavy atom. The summed E-state index contributed by atoms with van der Waals surface area (Å²) in [5, 5.41) is 0. The van der Waals surface area contributed by atoms with Crippen molar-refractivity contribution in [3.63, 3.8) is 0 Å². The molecule has 1 aromatic rings. The Labute approximate surface area is 104 Å². The topological polar surface area (TPSA) is 26.3 Å². The number of carbonyl (C=O) groups excluding carboxylic acids is 1. The Kier molecular flexibility index (Phi) is 5.36. The molecule has 0 aliphatic heterocycles. The third-order valence-electron chi connectivity index (χ3n) is 3.14. The zero-order chi connectivity index (χ0) is 12.8. The van der Waals surface area contributed by atoms with Crippen molar-refractivity contribution in [3.05, 3.63) is 34.4 Å². The van der Waals surface area contributed by atoms with Gasteiger partial charge in [-0.1, -0.05) is 31.5 Å². The summed E-state index contributed by atoms with van der Waals surface area (Å²) in [5.41, 5.74) is 4.99. The van der Waals surface area contributed by atoms with Gasteiger partial charge in [0.25, 0.3) is 0 Å². The highest BCUT2D eigenvalue weighted by atomic mass is 16.5. The zero-order valence-corrected chi connectivity index (χ0v) is 11.2. The second-order valence-electron chi connectivity index (χ2n) is 4.40. The van der Waals surface area contributed by atoms with E-state index in [0.717, 1.165) is 19.1 Å². The summed E-state index contributed by atoms with van der Waals surface area (Å²) in [6.45, 7) is 6.83. The average Bonchev–Trinajstić information content (AvgIpc) is 2.35. The Hall–Kier alpha value is -1.15. The quantitative estimate of drug-likeness (QED) is 0.707. The van der Waals surface area contributed by atoms with Crippen LogP contribution in [0.4, 0.5) is 0 Å². The van der Waals surface area contributed by atoms with E-state index in [-0.39, 0.29) is 5.92 Å². The molecule has 0 N–H and O–H groups in total. The number of ether oxygens (including phenoxy) is 1. The summed E-state index contributed by atoms with van der Waals surface area (Å²) < 4.78 is 5.15. The number of aryl methyl sites for hydroxylation is 3. The van der Waals surface area contributed by atoms with Crippen LogP contribution < -0.4 is 0 Å². The van der Waals surface area contributed by atoms with Gasteiger partial charge in [-0.2, -0.15) is 0 Å². The Balaban J connectivity index is 3.30. The number of hydrogen-bond donors (Lipinski definition) is 0. The van der Waals surface area contributed by atoms with Gasteiger partial charge in [-0.05, 0) is 36.5 Å². The first-order chi connectivity index (χ1) is 8.17. The minimum absolute atomic E-state index is 0.134. The van der Waals surface area contributed by atoms with Gasteiger partial charge in [0.2, 0.25) is 0 Å². The highest BCUT2D eigenvalue weighted by Gasteiger charge is 2.17. The normalized spacial score (nSPS) is 12.5. The van der Waals surface area contributed by atoms with Crippen LogP contribution in [-0.4, -0.2) is 20.0 Å². The van der Waals surface area contributed by atoms with Gasteiger partial charge in [0.15, 0.2) is 0 Å². The third-order valence-corrected chi connectivity index (χ3v) is 3.14. The van der Waals surface area contributed by atoms with Crippen LogP contribution in [0.5, 0.6) is 0 Å². The summed E-state index contributed by atoms with van der Waals surface area (Å²) in [5.74, 6) is -0.134. The fourth-order valence-corrected chi connectivity index (χ4v) is 2.38. The summed E-state index contributed by atoms with van der Waals surface area (Å²) in [4.78, 5) is 11.2. The largest absolute Gasteiger partial charge is 0.384 e. The van der Waals surface area contributed by atoms with Gasteiger partial charge >= 0.3 is 0 Å². The van der Waals surface area contributed by atoms with Crippen molar-refractivity contribution in [1.29, 1.82) is 0 Å². The molecule has 0 bridgehead atoms. The lowest BCUT2D eigenvalue weighted by Gasteiger charge is -2.19. The standard InChI is InChI=1S/C15H22O2/c1-5-12-7-11(3)8-13(6-2)15(12)14(9-16)10-17-4/h7-9,14H,5-6,10H2,1-4H3. The molecule has 0 radical (unpaired) electrons. The van der Waals surface area contributed by atoms with Gasteiger partial charge in [-0.3, -0.25) is 0 Å². The predicted octanol–water partition coefficient (Wildman–Crippen LogP) is 3.05. The molecule has 0 fully saturated rings. The van der Waals surface area contributed by atoms with Crippen LogP contribution >= 0.6 is 0 Å². The number of aldehydes is 1. The molecule has 94 valence electrons. The molecular formula is C15H22O2. The molecule has 0 heterocycles. The van der Waals surface area contributed by atoms with Crippen LogP contribution in [0.3, 0.4) is 0 Å². The molecule has 2 nitrogen and oxygen atoms in total. The highest BCUT2D eigenvalue weighted by molar-refractivity contribution is 5.65. The second kappa shape index (κ2) is 6.55. The lowest BCUT2D eigenvalue weighted by atomic mass is 9.87. The molecule has 17 heavy (non-hydrogen) atoms. The third kappa shape index (κ3) is 3.16. The van der Waals surface area contributed by atoms with Crippen LogP contribution in [0.2, 0.25) is 0 Å². The predicted molar refractivity (Wildman–Crippen MR) is 70.6 cm³/mol. The Morgan fingerprint density at radius 2 is 1.76 bits per heavy atom. The Bertz CT molecular complexity index is 358. The van der Waals surface area contributed by atoms with Crippen LogP contribution in [0, 0.1) is 6.92 Å². The van der Waals surface area contributed by atoms with Crippen molar-refractivity contribution in [2.75, 3.05) is 13.7 Å². The summed E-state index contributed by atoms with van der Waals surface area (Å²) >= 11 is 0. The van der Waals surface area contributed by atoms with E-state index in [9.17, 15) is 4.79 Å². The average molecular weight is 234 g/mol. The van der Waals surface area contributed by atoms with E-state index in [0.29, 0.717) is 6.61 Å². The van der Waals surface area contributed by atoms with E-state index >= 15 is 0 Å². The molecule has 0 aliphatic rings. The Morgan fingerprint density at radius 1 is 1.24 bits per heavy atom. The van der Waals surface area contributed by atoms with Crippen LogP contribution in [0.25, 0.3) is 0 Å². The zero-order valence-electron chi connectivity index (χ0n) is 11.2. The molecule has 1 atom stereocenters. The minimum atomic E-state index is -0.134. The first-order valence-electron chi connectivity index (χ1n) is 6.24. The first kappa shape index (κ1) is 13.9. The van der Waals surface area contributed by atoms with Gasteiger partial charge in [-0.15, -0.1) is 0 Å². The van der Waals surface area contributed by atoms with Crippen LogP contribution in [0.15, 0.2) is 12.1 Å². The van der Waals surface area contributed by atoms with Crippen molar-refractivity contribution >= 4 is 6.29 Å². The maximum atomic E-state index is 11.2. The van der Waals surface area contributed by atoms with Crippen LogP contribution in [-0.2, 0) is 22.4 Å². The molecule has 0 amide bonds. The number of benzene rings is 1. The highest BCUT2D eigenvalue weighted by Crippen LogP contribution is 2.26. The molecule has 1 aromatic carbocycles. The minimum Gasteiger partial charge on any atom is -0.384 e. The van der Waals surface area contributed by atoms with Gasteiger partial charge in [0.1, 0.15) is 6.29 Å². The van der Waals surface area contributed by atoms with Gasteiger partial charge in [0, 0.05) is 7.11 Å². The van der Waals surface area contributed by atoms with Gasteiger partial charge in [0.05, 0.1) is 12.5 Å². The number of carbonyl (C=O) groups is 1. The molecule has 1 rings (SSSR count). The fourth-order valence-electron chi connectivity index (χ4n) is 2.38. The van der Waals surface area contributed by atoms with Crippen molar-refractivity contribution < 1.29 is 9.53 Å². The van der Waals surface area contributed by atoms with Crippen molar-refractivity contribution in [2.45, 2.75) is 39.5 Å². The molecule has 0 saturated heterocycles. The van der Waals surface area contributed by atoms with Crippen molar-refractivity contribution in [3.8, 4) is 0 Å². The van der Waals surface area contributed by atoms with Crippen LogP contribution in [0.1, 0.15) is 42.0 Å². The SMILES string of the molecule is CCc1cc(C)cc(CC)c1C(C=O)COC. The molecule has 0 aliphatic carbocycles. The van der Waals surface area contributed by atoms with Gasteiger partial charge < -0.3 is 9.53 Å². The number of hydrogen-bond acceptors (Lipinski definition) is 2. The maximum Gasteiger partial charge on any atom is 0.129 e. The fraction of sp³-hybridized carbons (Fsp3) is 0.533. The molecule has 0 spiro atoms. The molecular weight excluding hydrogens is 212 g/mol. The first-order valence-corrected chi connectivity index (χ1v) is 6.24. The van der Waals surface area contributed by atoms with E-state index in [1.54, 1.807) is 7.11 Å². The van der Waals surface area contributed by atoms with E-state index in [1.807, 2.05) is 0 Å². The lowest BCUT2D eigenvalue weighted by molar-refractivity contribution is -0.110. The van der Waals surface area contributed by atoms with E-state index in [4.69, 9.17) is 4.74 Å². The smallest absolute Gasteiger partial charge is 0.129 e. The summed E-state index contributed by atoms with van der Waals surface area (Å²) in [6.07, 6.45) is 2.92. The monoisotopic (exact) mass is 234 g/mol. The molecule has 0 saturated carbocycles. The van der Waals surface area contributed by atoms with Crippen molar-refractivity contribution in [2.24, 2.45) is 0 Å². The number of methoxy groups -OCH3 is 1. The summed E-state index contributed by atoms with van der Waals surface area (Å²) in [6, 6.07) is 4.36. The van der Waals surface area contributed by atoms with E-state index < -0.39 is 0 Å². The lowest BCUT2D eigenvalue weighted by Crippen LogP contribution is -2.13. The molecule has 1 unspecified atom stereocenters. The van der Waals surface area contributed by atoms with E-state index in [2.05, 4.69) is 32.9 Å². The van der Waals surface area contributed by atoms with Gasteiger partial charge in [-0.25, -0.2) is 0 Å². The molecule has 0 aromatic heterocycles. The number of rotatable bonds is 6. The second-order valence-corrected chi connectivity index (χ2v) is 4.40. The van der Waals surface area contributed by atoms with Crippen molar-refractivity contribution in [1.82, 2.24) is 0 Å². The molecule has 2 heteroatoms. The summed E-state index contributed by atoms with van der Waals surface area (Å²) in [7, 11) is 1.64.